The number of aliphatic imine (C=N–C) groups is 1. The summed E-state index contributed by atoms with van der Waals surface area (Å²) in [4.78, 5) is 7.46. The van der Waals surface area contributed by atoms with Crippen LogP contribution in [0.25, 0.3) is 0 Å². The SMILES string of the molecule is CCNC(=NCC1(C)CCCC1)NC1CCN(CCCOC)CC1.I. The average Bonchev–Trinajstić information content (AvgIpc) is 3.02. The second-order valence-electron chi connectivity index (χ2n) is 7.82. The largest absolute Gasteiger partial charge is 0.385 e. The molecule has 0 spiro atoms. The Morgan fingerprint density at radius 3 is 2.52 bits per heavy atom. The van der Waals surface area contributed by atoms with Gasteiger partial charge in [-0.25, -0.2) is 0 Å². The number of halogens is 1. The predicted octanol–water partition coefficient (Wildman–Crippen LogP) is 3.24. The van der Waals surface area contributed by atoms with Crippen LogP contribution >= 0.6 is 24.0 Å². The highest BCUT2D eigenvalue weighted by Gasteiger charge is 2.28. The van der Waals surface area contributed by atoms with Crippen molar-refractivity contribution in [3.63, 3.8) is 0 Å². The molecular weight excluding hydrogens is 427 g/mol. The van der Waals surface area contributed by atoms with Crippen molar-refractivity contribution in [2.45, 2.75) is 64.8 Å². The summed E-state index contributed by atoms with van der Waals surface area (Å²) in [6.45, 7) is 10.8. The van der Waals surface area contributed by atoms with E-state index in [4.69, 9.17) is 9.73 Å². The van der Waals surface area contributed by atoms with Gasteiger partial charge >= 0.3 is 0 Å². The number of ether oxygens (including phenoxy) is 1. The van der Waals surface area contributed by atoms with Gasteiger partial charge in [-0.05, 0) is 44.4 Å². The monoisotopic (exact) mass is 466 g/mol. The Hall–Kier alpha value is -0.0800. The van der Waals surface area contributed by atoms with Gasteiger partial charge < -0.3 is 20.3 Å². The molecule has 2 aliphatic rings. The lowest BCUT2D eigenvalue weighted by Crippen LogP contribution is -2.49. The van der Waals surface area contributed by atoms with E-state index in [-0.39, 0.29) is 24.0 Å². The highest BCUT2D eigenvalue weighted by Crippen LogP contribution is 2.37. The Morgan fingerprint density at radius 2 is 1.92 bits per heavy atom. The standard InChI is InChI=1S/C19H38N4O.HI/c1-4-20-18(21-16-19(2)10-5-6-11-19)22-17-8-13-23(14-9-17)12-7-15-24-3;/h17H,4-16H2,1-3H3,(H2,20,21,22);1H. The van der Waals surface area contributed by atoms with Crippen LogP contribution in [-0.2, 0) is 4.74 Å². The highest BCUT2D eigenvalue weighted by molar-refractivity contribution is 14.0. The van der Waals surface area contributed by atoms with Gasteiger partial charge in [-0.15, -0.1) is 24.0 Å². The van der Waals surface area contributed by atoms with Crippen LogP contribution in [0.2, 0.25) is 0 Å². The lowest BCUT2D eigenvalue weighted by Gasteiger charge is -2.33. The molecule has 1 aliphatic carbocycles. The first-order valence-corrected chi connectivity index (χ1v) is 9.91. The smallest absolute Gasteiger partial charge is 0.191 e. The molecule has 1 saturated carbocycles. The third-order valence-electron chi connectivity index (χ3n) is 5.52. The van der Waals surface area contributed by atoms with Gasteiger partial charge in [0.2, 0.25) is 0 Å². The van der Waals surface area contributed by atoms with Gasteiger partial charge in [-0.3, -0.25) is 4.99 Å². The van der Waals surface area contributed by atoms with Crippen molar-refractivity contribution < 1.29 is 4.74 Å². The molecule has 2 rings (SSSR count). The van der Waals surface area contributed by atoms with Crippen LogP contribution in [0.1, 0.15) is 58.8 Å². The molecule has 0 aromatic heterocycles. The molecule has 1 saturated heterocycles. The molecule has 0 aromatic rings. The highest BCUT2D eigenvalue weighted by atomic mass is 127. The number of likely N-dealkylation sites (tertiary alicyclic amines) is 1. The van der Waals surface area contributed by atoms with E-state index < -0.39 is 0 Å². The summed E-state index contributed by atoms with van der Waals surface area (Å²) in [7, 11) is 1.78. The maximum absolute atomic E-state index is 5.15. The molecule has 0 aromatic carbocycles. The predicted molar refractivity (Wildman–Crippen MR) is 117 cm³/mol. The van der Waals surface area contributed by atoms with Gasteiger partial charge in [0, 0.05) is 52.5 Å². The van der Waals surface area contributed by atoms with Crippen LogP contribution in [0.4, 0.5) is 0 Å². The van der Waals surface area contributed by atoms with E-state index >= 15 is 0 Å². The third-order valence-corrected chi connectivity index (χ3v) is 5.52. The van der Waals surface area contributed by atoms with E-state index in [0.29, 0.717) is 11.5 Å². The number of piperidine rings is 1. The van der Waals surface area contributed by atoms with E-state index in [9.17, 15) is 0 Å². The molecular formula is C19H39IN4O. The fourth-order valence-corrected chi connectivity index (χ4v) is 3.90. The van der Waals surface area contributed by atoms with Crippen LogP contribution in [0, 0.1) is 5.41 Å². The Balaban J connectivity index is 0.00000312. The summed E-state index contributed by atoms with van der Waals surface area (Å²) in [6, 6.07) is 0.554. The quantitative estimate of drug-likeness (QED) is 0.250. The summed E-state index contributed by atoms with van der Waals surface area (Å²) < 4.78 is 5.15. The Bertz CT molecular complexity index is 378. The van der Waals surface area contributed by atoms with Crippen molar-refractivity contribution in [3.8, 4) is 0 Å². The second kappa shape index (κ2) is 12.3. The molecule has 2 fully saturated rings. The minimum atomic E-state index is 0. The van der Waals surface area contributed by atoms with E-state index in [1.807, 2.05) is 0 Å². The zero-order valence-corrected chi connectivity index (χ0v) is 18.8. The molecule has 5 nitrogen and oxygen atoms in total. The molecule has 148 valence electrons. The fraction of sp³-hybridized carbons (Fsp3) is 0.947. The Labute approximate surface area is 171 Å². The maximum Gasteiger partial charge on any atom is 0.191 e. The van der Waals surface area contributed by atoms with Gasteiger partial charge in [0.25, 0.3) is 0 Å². The number of methoxy groups -OCH3 is 1. The number of guanidine groups is 1. The van der Waals surface area contributed by atoms with E-state index in [1.165, 1.54) is 51.6 Å². The Kier molecular flexibility index (Phi) is 11.3. The summed E-state index contributed by atoms with van der Waals surface area (Å²) in [5.74, 6) is 1.02. The number of rotatable bonds is 8. The third kappa shape index (κ3) is 8.43. The topological polar surface area (TPSA) is 48.9 Å². The number of nitrogens with one attached hydrogen (secondary N) is 2. The minimum Gasteiger partial charge on any atom is -0.385 e. The maximum atomic E-state index is 5.15. The molecule has 2 N–H and O–H groups in total. The Morgan fingerprint density at radius 1 is 1.24 bits per heavy atom. The van der Waals surface area contributed by atoms with Gasteiger partial charge in [0.15, 0.2) is 5.96 Å². The molecule has 1 heterocycles. The number of nitrogens with zero attached hydrogens (tertiary/aromatic N) is 2. The molecule has 0 unspecified atom stereocenters. The van der Waals surface area contributed by atoms with Gasteiger partial charge in [0.05, 0.1) is 0 Å². The van der Waals surface area contributed by atoms with Crippen molar-refractivity contribution in [1.82, 2.24) is 15.5 Å². The van der Waals surface area contributed by atoms with E-state index in [0.717, 1.165) is 38.6 Å². The average molecular weight is 466 g/mol. The lowest BCUT2D eigenvalue weighted by atomic mass is 9.89. The molecule has 0 bridgehead atoms. The summed E-state index contributed by atoms with van der Waals surface area (Å²) in [5, 5.41) is 7.11. The number of hydrogen-bond donors (Lipinski definition) is 2. The molecule has 0 amide bonds. The first-order chi connectivity index (χ1) is 11.6. The first kappa shape index (κ1) is 23.0. The van der Waals surface area contributed by atoms with Crippen molar-refractivity contribution in [3.05, 3.63) is 0 Å². The molecule has 6 heteroatoms. The minimum absolute atomic E-state index is 0. The van der Waals surface area contributed by atoms with Crippen molar-refractivity contribution in [2.24, 2.45) is 10.4 Å². The molecule has 0 radical (unpaired) electrons. The fourth-order valence-electron chi connectivity index (χ4n) is 3.90. The summed E-state index contributed by atoms with van der Waals surface area (Å²) in [6.07, 6.45) is 8.95. The molecule has 1 aliphatic heterocycles. The van der Waals surface area contributed by atoms with E-state index in [2.05, 4.69) is 29.4 Å². The van der Waals surface area contributed by atoms with Gasteiger partial charge in [-0.1, -0.05) is 19.8 Å². The van der Waals surface area contributed by atoms with Gasteiger partial charge in [-0.2, -0.15) is 0 Å². The van der Waals surface area contributed by atoms with Crippen molar-refractivity contribution in [1.29, 1.82) is 0 Å². The van der Waals surface area contributed by atoms with Crippen LogP contribution in [0.15, 0.2) is 4.99 Å². The first-order valence-electron chi connectivity index (χ1n) is 9.91. The van der Waals surface area contributed by atoms with Gasteiger partial charge in [0.1, 0.15) is 0 Å². The van der Waals surface area contributed by atoms with Crippen molar-refractivity contribution in [2.75, 3.05) is 46.4 Å². The zero-order valence-electron chi connectivity index (χ0n) is 16.5. The summed E-state index contributed by atoms with van der Waals surface area (Å²) in [5.41, 5.74) is 0.424. The van der Waals surface area contributed by atoms with Crippen molar-refractivity contribution >= 4 is 29.9 Å². The van der Waals surface area contributed by atoms with Crippen LogP contribution in [-0.4, -0.2) is 63.3 Å². The van der Waals surface area contributed by atoms with Crippen LogP contribution in [0.3, 0.4) is 0 Å². The van der Waals surface area contributed by atoms with E-state index in [1.54, 1.807) is 7.11 Å². The summed E-state index contributed by atoms with van der Waals surface area (Å²) >= 11 is 0. The normalized spacial score (nSPS) is 21.8. The van der Waals surface area contributed by atoms with Crippen LogP contribution < -0.4 is 10.6 Å². The number of hydrogen-bond acceptors (Lipinski definition) is 3. The molecule has 0 atom stereocenters. The zero-order chi connectivity index (χ0) is 17.3. The lowest BCUT2D eigenvalue weighted by molar-refractivity contribution is 0.155. The molecule has 25 heavy (non-hydrogen) atoms. The second-order valence-corrected chi connectivity index (χ2v) is 7.82. The van der Waals surface area contributed by atoms with Crippen LogP contribution in [0.5, 0.6) is 0 Å².